The van der Waals surface area contributed by atoms with Crippen molar-refractivity contribution in [1.29, 1.82) is 0 Å². The van der Waals surface area contributed by atoms with E-state index in [1.807, 2.05) is 24.3 Å². The zero-order valence-electron chi connectivity index (χ0n) is 14.8. The highest BCUT2D eigenvalue weighted by Gasteiger charge is 2.19. The lowest BCUT2D eigenvalue weighted by Gasteiger charge is -2.19. The molecule has 1 heterocycles. The number of aliphatic carboxylic acids is 1. The number of carbonyl (C=O) groups is 1. The number of nitrogens with one attached hydrogen (secondary N) is 1. The Balaban J connectivity index is 1.56. The van der Waals surface area contributed by atoms with Crippen LogP contribution in [-0.4, -0.2) is 30.8 Å². The summed E-state index contributed by atoms with van der Waals surface area (Å²) in [6.07, 6.45) is 2.07. The number of hydrogen-bond acceptors (Lipinski definition) is 3. The van der Waals surface area contributed by atoms with Crippen molar-refractivity contribution >= 4 is 11.5 Å². The fourth-order valence-electron chi connectivity index (χ4n) is 3.13. The van der Waals surface area contributed by atoms with E-state index in [1.165, 1.54) is 0 Å². The Bertz CT molecular complexity index is 847. The van der Waals surface area contributed by atoms with Crippen LogP contribution in [0, 0.1) is 11.6 Å². The molecular weight excluding hydrogens is 352 g/mol. The summed E-state index contributed by atoms with van der Waals surface area (Å²) in [5.74, 6) is -2.08. The summed E-state index contributed by atoms with van der Waals surface area (Å²) < 4.78 is 31.9. The maximum Gasteiger partial charge on any atom is 0.333 e. The first-order chi connectivity index (χ1) is 13.0. The Morgan fingerprint density at radius 3 is 2.67 bits per heavy atom. The van der Waals surface area contributed by atoms with Gasteiger partial charge in [-0.05, 0) is 54.6 Å². The van der Waals surface area contributed by atoms with Crippen LogP contribution in [0.25, 0.3) is 5.57 Å². The van der Waals surface area contributed by atoms with Crippen molar-refractivity contribution in [3.8, 4) is 5.75 Å². The number of hydrogen-bond donors (Lipinski definition) is 2. The van der Waals surface area contributed by atoms with Gasteiger partial charge < -0.3 is 15.2 Å². The van der Waals surface area contributed by atoms with E-state index in [2.05, 4.69) is 5.32 Å². The molecule has 1 aliphatic rings. The molecule has 2 aromatic carbocycles. The van der Waals surface area contributed by atoms with Gasteiger partial charge in [-0.25, -0.2) is 13.6 Å². The Kier molecular flexibility index (Phi) is 6.19. The highest BCUT2D eigenvalue weighted by Crippen LogP contribution is 2.25. The van der Waals surface area contributed by atoms with Crippen LogP contribution < -0.4 is 10.1 Å². The molecule has 0 bridgehead atoms. The van der Waals surface area contributed by atoms with Crippen LogP contribution in [0.5, 0.6) is 5.75 Å². The first-order valence-electron chi connectivity index (χ1n) is 8.88. The second-order valence-electron chi connectivity index (χ2n) is 6.41. The van der Waals surface area contributed by atoms with E-state index in [0.29, 0.717) is 25.0 Å². The summed E-state index contributed by atoms with van der Waals surface area (Å²) in [4.78, 5) is 11.4. The Hall–Kier alpha value is -2.73. The minimum atomic E-state index is -0.886. The second-order valence-corrected chi connectivity index (χ2v) is 6.41. The number of carboxylic acids is 1. The van der Waals surface area contributed by atoms with Crippen LogP contribution in [0.1, 0.15) is 24.0 Å². The van der Waals surface area contributed by atoms with Crippen molar-refractivity contribution in [2.75, 3.05) is 19.7 Å². The molecule has 0 radical (unpaired) electrons. The maximum atomic E-state index is 13.5. The van der Waals surface area contributed by atoms with Gasteiger partial charge in [0.25, 0.3) is 0 Å². The highest BCUT2D eigenvalue weighted by atomic mass is 19.1. The monoisotopic (exact) mass is 373 g/mol. The Morgan fingerprint density at radius 2 is 1.93 bits per heavy atom. The molecule has 0 fully saturated rings. The molecule has 1 aliphatic heterocycles. The first-order valence-corrected chi connectivity index (χ1v) is 8.88. The van der Waals surface area contributed by atoms with Gasteiger partial charge >= 0.3 is 5.97 Å². The van der Waals surface area contributed by atoms with E-state index in [4.69, 9.17) is 4.74 Å². The lowest BCUT2D eigenvalue weighted by molar-refractivity contribution is -0.132. The van der Waals surface area contributed by atoms with Crippen molar-refractivity contribution in [1.82, 2.24) is 5.32 Å². The minimum Gasteiger partial charge on any atom is -0.490 e. The molecule has 0 aromatic heterocycles. The number of benzene rings is 2. The lowest BCUT2D eigenvalue weighted by atomic mass is 9.93. The van der Waals surface area contributed by atoms with E-state index < -0.39 is 17.6 Å². The zero-order chi connectivity index (χ0) is 19.2. The standard InChI is InChI=1S/C21H21F2NO3/c22-16-7-8-19(23)20(12-16)27-11-1-2-14-3-5-15(6-4-14)17-9-10-24-13-18(17)21(25)26/h3-8,12,24H,1-2,9-11,13H2,(H,25,26). The summed E-state index contributed by atoms with van der Waals surface area (Å²) >= 11 is 0. The molecule has 0 saturated carbocycles. The van der Waals surface area contributed by atoms with Crippen LogP contribution in [-0.2, 0) is 11.2 Å². The van der Waals surface area contributed by atoms with Gasteiger partial charge in [-0.2, -0.15) is 0 Å². The van der Waals surface area contributed by atoms with Gasteiger partial charge in [-0.1, -0.05) is 24.3 Å². The molecule has 4 nitrogen and oxygen atoms in total. The molecule has 0 spiro atoms. The van der Waals surface area contributed by atoms with Crippen LogP contribution in [0.3, 0.4) is 0 Å². The van der Waals surface area contributed by atoms with Gasteiger partial charge in [0.15, 0.2) is 11.6 Å². The minimum absolute atomic E-state index is 0.0793. The third kappa shape index (κ3) is 4.92. The van der Waals surface area contributed by atoms with Crippen molar-refractivity contribution in [3.63, 3.8) is 0 Å². The van der Waals surface area contributed by atoms with E-state index in [1.54, 1.807) is 0 Å². The summed E-state index contributed by atoms with van der Waals surface area (Å²) in [6, 6.07) is 10.9. The fourth-order valence-corrected chi connectivity index (χ4v) is 3.13. The summed E-state index contributed by atoms with van der Waals surface area (Å²) in [5, 5.41) is 12.4. The molecule has 27 heavy (non-hydrogen) atoms. The molecule has 0 amide bonds. The van der Waals surface area contributed by atoms with Gasteiger partial charge in [0.05, 0.1) is 12.2 Å². The Morgan fingerprint density at radius 1 is 1.15 bits per heavy atom. The van der Waals surface area contributed by atoms with Gasteiger partial charge in [0.2, 0.25) is 0 Å². The molecule has 2 N–H and O–H groups in total. The van der Waals surface area contributed by atoms with Crippen molar-refractivity contribution < 1.29 is 23.4 Å². The second kappa shape index (κ2) is 8.77. The first kappa shape index (κ1) is 19.0. The molecule has 6 heteroatoms. The van der Waals surface area contributed by atoms with Gasteiger partial charge in [-0.3, -0.25) is 0 Å². The third-order valence-corrected chi connectivity index (χ3v) is 4.54. The van der Waals surface area contributed by atoms with Crippen LogP contribution in [0.15, 0.2) is 48.0 Å². The molecular formula is C21H21F2NO3. The molecule has 0 atom stereocenters. The number of rotatable bonds is 7. The van der Waals surface area contributed by atoms with Crippen molar-refractivity contribution in [2.24, 2.45) is 0 Å². The molecule has 3 rings (SSSR count). The summed E-state index contributed by atoms with van der Waals surface area (Å²) in [7, 11) is 0. The van der Waals surface area contributed by atoms with Crippen LogP contribution in [0.4, 0.5) is 8.78 Å². The van der Waals surface area contributed by atoms with E-state index in [9.17, 15) is 18.7 Å². The van der Waals surface area contributed by atoms with Gasteiger partial charge in [0, 0.05) is 12.6 Å². The largest absolute Gasteiger partial charge is 0.490 e. The summed E-state index contributed by atoms with van der Waals surface area (Å²) in [6.45, 7) is 1.42. The van der Waals surface area contributed by atoms with Gasteiger partial charge in [0.1, 0.15) is 5.82 Å². The van der Waals surface area contributed by atoms with Crippen molar-refractivity contribution in [2.45, 2.75) is 19.3 Å². The topological polar surface area (TPSA) is 58.6 Å². The highest BCUT2D eigenvalue weighted by molar-refractivity contribution is 5.97. The zero-order valence-corrected chi connectivity index (χ0v) is 14.8. The lowest BCUT2D eigenvalue weighted by Crippen LogP contribution is -2.28. The predicted octanol–water partition coefficient (Wildman–Crippen LogP) is 3.81. The van der Waals surface area contributed by atoms with E-state index in [-0.39, 0.29) is 12.4 Å². The molecule has 142 valence electrons. The molecule has 0 unspecified atom stereocenters. The van der Waals surface area contributed by atoms with E-state index in [0.717, 1.165) is 47.9 Å². The molecule has 0 aliphatic carbocycles. The van der Waals surface area contributed by atoms with E-state index >= 15 is 0 Å². The number of halogens is 2. The third-order valence-electron chi connectivity index (χ3n) is 4.54. The smallest absolute Gasteiger partial charge is 0.333 e. The molecule has 2 aromatic rings. The van der Waals surface area contributed by atoms with Crippen molar-refractivity contribution in [3.05, 3.63) is 70.8 Å². The summed E-state index contributed by atoms with van der Waals surface area (Å²) in [5.41, 5.74) is 3.29. The number of ether oxygens (including phenoxy) is 1. The normalized spacial score (nSPS) is 14.3. The van der Waals surface area contributed by atoms with Crippen LogP contribution >= 0.6 is 0 Å². The predicted molar refractivity (Wildman–Crippen MR) is 98.7 cm³/mol. The van der Waals surface area contributed by atoms with Crippen LogP contribution in [0.2, 0.25) is 0 Å². The SMILES string of the molecule is O=C(O)C1=C(c2ccc(CCCOc3cc(F)ccc3F)cc2)CCNC1. The average molecular weight is 373 g/mol. The maximum absolute atomic E-state index is 13.5. The quantitative estimate of drug-likeness (QED) is 0.725. The fraction of sp³-hybridized carbons (Fsp3) is 0.286. The molecule has 0 saturated heterocycles. The Labute approximate surface area is 156 Å². The number of carboxylic acid groups (broad SMARTS) is 1. The number of aryl methyl sites for hydroxylation is 1. The van der Waals surface area contributed by atoms with Gasteiger partial charge in [-0.15, -0.1) is 0 Å². The average Bonchev–Trinajstić information content (AvgIpc) is 2.68.